The molecule has 0 atom stereocenters. The van der Waals surface area contributed by atoms with Gasteiger partial charge in [-0.1, -0.05) is 0 Å². The normalized spacial score (nSPS) is 13.1. The first-order chi connectivity index (χ1) is 15.7. The molecule has 0 amide bonds. The van der Waals surface area contributed by atoms with Crippen LogP contribution in [-0.2, 0) is 42.1 Å². The maximum atomic E-state index is 13.4. The van der Waals surface area contributed by atoms with Crippen LogP contribution in [0.2, 0.25) is 0 Å². The Bertz CT molecular complexity index is 1050. The van der Waals surface area contributed by atoms with Gasteiger partial charge in [0.05, 0.1) is 0 Å². The Morgan fingerprint density at radius 2 is 0.853 bits per heavy atom. The summed E-state index contributed by atoms with van der Waals surface area (Å²) in [6.07, 6.45) is -14.6. The molecule has 0 saturated carbocycles. The minimum atomic E-state index is -4.86. The average molecular weight is 546 g/mol. The van der Waals surface area contributed by atoms with E-state index in [4.69, 9.17) is 3.35 Å². The Balaban J connectivity index is 2.44. The van der Waals surface area contributed by atoms with Crippen LogP contribution in [0.5, 0.6) is 0 Å². The van der Waals surface area contributed by atoms with Crippen molar-refractivity contribution in [3.05, 3.63) is 89.5 Å². The quantitative estimate of drug-likeness (QED) is 0.254. The number of halogens is 9. The predicted octanol–water partition coefficient (Wildman–Crippen LogP) is 5.07. The van der Waals surface area contributed by atoms with Crippen molar-refractivity contribution in [2.24, 2.45) is 0 Å². The third-order valence-electron chi connectivity index (χ3n) is 4.96. The molecule has 0 aliphatic rings. The molecule has 34 heavy (non-hydrogen) atoms. The Labute approximate surface area is 195 Å². The van der Waals surface area contributed by atoms with Crippen molar-refractivity contribution in [2.75, 3.05) is 0 Å². The third kappa shape index (κ3) is 5.29. The van der Waals surface area contributed by atoms with Gasteiger partial charge in [-0.05, 0) is 0 Å². The van der Waals surface area contributed by atoms with Gasteiger partial charge in [-0.2, -0.15) is 0 Å². The van der Waals surface area contributed by atoms with E-state index >= 15 is 0 Å². The van der Waals surface area contributed by atoms with Crippen LogP contribution in [0.1, 0.15) is 16.7 Å². The van der Waals surface area contributed by atoms with Crippen molar-refractivity contribution in [2.45, 2.75) is 18.5 Å². The van der Waals surface area contributed by atoms with Crippen molar-refractivity contribution >= 4 is 23.9 Å². The summed E-state index contributed by atoms with van der Waals surface area (Å²) in [7, 11) is -4.53. The van der Waals surface area contributed by atoms with E-state index < -0.39 is 60.1 Å². The molecule has 3 aromatic carbocycles. The zero-order valence-corrected chi connectivity index (χ0v) is 19.0. The van der Waals surface area contributed by atoms with Gasteiger partial charge in [0.15, 0.2) is 0 Å². The zero-order chi connectivity index (χ0) is 25.4. The van der Waals surface area contributed by atoms with E-state index in [1.54, 1.807) is 0 Å². The molecular formula is C21H12F9O2SiV. The summed E-state index contributed by atoms with van der Waals surface area (Å²) in [6.45, 7) is 0. The molecule has 13 heteroatoms. The fraction of sp³-hybridized carbons (Fsp3) is 0.143. The van der Waals surface area contributed by atoms with Crippen molar-refractivity contribution in [3.63, 3.8) is 0 Å². The van der Waals surface area contributed by atoms with Crippen molar-refractivity contribution in [3.8, 4) is 0 Å². The fourth-order valence-corrected chi connectivity index (χ4v) is 8.96. The zero-order valence-electron chi connectivity index (χ0n) is 16.6. The van der Waals surface area contributed by atoms with Crippen molar-refractivity contribution in [1.82, 2.24) is 0 Å². The maximum absolute atomic E-state index is 13.4. The van der Waals surface area contributed by atoms with E-state index in [1.165, 1.54) is 0 Å². The van der Waals surface area contributed by atoms with Crippen LogP contribution in [-0.4, -0.2) is 8.32 Å². The summed E-state index contributed by atoms with van der Waals surface area (Å²) in [4.78, 5) is 0. The summed E-state index contributed by atoms with van der Waals surface area (Å²) < 4.78 is 138. The molecule has 0 spiro atoms. The Kier molecular flexibility index (Phi) is 7.19. The van der Waals surface area contributed by atoms with Crippen molar-refractivity contribution in [1.29, 1.82) is 0 Å². The van der Waals surface area contributed by atoms with E-state index in [1.807, 2.05) is 0 Å². The SMILES string of the molecule is [O]=[V][O][Si](c1cccc(C(F)(F)F)c1)(c1cccc(C(F)(F)F)c1)c1cccc(C(F)(F)F)c1. The summed E-state index contributed by atoms with van der Waals surface area (Å²) in [5, 5.41) is -0.939. The Morgan fingerprint density at radius 3 is 1.09 bits per heavy atom. The molecule has 2 nitrogen and oxygen atoms in total. The molecule has 0 radical (unpaired) electrons. The Morgan fingerprint density at radius 1 is 0.559 bits per heavy atom. The topological polar surface area (TPSA) is 26.3 Å². The van der Waals surface area contributed by atoms with E-state index in [0.717, 1.165) is 36.4 Å². The monoisotopic (exact) mass is 546 g/mol. The molecule has 0 saturated heterocycles. The van der Waals surface area contributed by atoms with Crippen LogP contribution >= 0.6 is 0 Å². The van der Waals surface area contributed by atoms with Crippen LogP contribution in [0.15, 0.2) is 72.8 Å². The van der Waals surface area contributed by atoms with Crippen LogP contribution in [0.3, 0.4) is 0 Å². The standard InChI is InChI=1S/C21H12F9OSi.O.V/c22-19(23,24)13-4-1-7-16(10-13)32(31,17-8-2-5-14(11-17)20(25,26)27)18-9-3-6-15(12-18)21(28,29)30;;/h1-12H;;/q-1;;+1. The molecule has 0 aliphatic heterocycles. The van der Waals surface area contributed by atoms with Gasteiger partial charge in [-0.3, -0.25) is 0 Å². The summed E-state index contributed by atoms with van der Waals surface area (Å²) in [6, 6.07) is 10.1. The molecular weight excluding hydrogens is 534 g/mol. The average Bonchev–Trinajstić information content (AvgIpc) is 2.76. The van der Waals surface area contributed by atoms with Gasteiger partial charge in [0.1, 0.15) is 0 Å². The second-order valence-corrected chi connectivity index (χ2v) is 11.4. The summed E-state index contributed by atoms with van der Waals surface area (Å²) >= 11 is -2.35. The van der Waals surface area contributed by atoms with Gasteiger partial charge in [-0.15, -0.1) is 0 Å². The van der Waals surface area contributed by atoms with Crippen LogP contribution in [0, 0.1) is 0 Å². The van der Waals surface area contributed by atoms with Crippen molar-refractivity contribution < 1.29 is 63.1 Å². The number of hydrogen-bond donors (Lipinski definition) is 0. The van der Waals surface area contributed by atoms with Crippen LogP contribution < -0.4 is 15.6 Å². The molecule has 0 aliphatic carbocycles. The molecule has 0 heterocycles. The molecule has 3 rings (SSSR count). The number of rotatable bonds is 5. The van der Waals surface area contributed by atoms with Gasteiger partial charge in [0.25, 0.3) is 0 Å². The molecule has 0 bridgehead atoms. The van der Waals surface area contributed by atoms with Crippen LogP contribution in [0.25, 0.3) is 0 Å². The van der Waals surface area contributed by atoms with E-state index in [9.17, 15) is 43.2 Å². The summed E-state index contributed by atoms with van der Waals surface area (Å²) in [5.41, 5.74) is -3.57. The number of benzene rings is 3. The van der Waals surface area contributed by atoms with Gasteiger partial charge in [0, 0.05) is 0 Å². The summed E-state index contributed by atoms with van der Waals surface area (Å²) in [5.74, 6) is 0. The minimum absolute atomic E-state index is 0.313. The van der Waals surface area contributed by atoms with Gasteiger partial charge in [0.2, 0.25) is 0 Å². The van der Waals surface area contributed by atoms with Gasteiger partial charge >= 0.3 is 195 Å². The molecule has 0 aromatic heterocycles. The first-order valence-electron chi connectivity index (χ1n) is 9.23. The second kappa shape index (κ2) is 9.33. The molecule has 0 unspecified atom stereocenters. The number of hydrogen-bond acceptors (Lipinski definition) is 2. The van der Waals surface area contributed by atoms with E-state index in [2.05, 4.69) is 0 Å². The Hall–Kier alpha value is -2.41. The molecule has 3 aromatic rings. The van der Waals surface area contributed by atoms with E-state index in [-0.39, 0.29) is 15.6 Å². The fourth-order valence-electron chi connectivity index (χ4n) is 3.46. The first kappa shape index (κ1) is 26.2. The molecule has 0 N–H and O–H groups in total. The molecule has 0 fully saturated rings. The van der Waals surface area contributed by atoms with Crippen LogP contribution in [0.4, 0.5) is 39.5 Å². The number of alkyl halides is 9. The molecule has 180 valence electrons. The van der Waals surface area contributed by atoms with E-state index in [0.29, 0.717) is 36.4 Å². The van der Waals surface area contributed by atoms with Gasteiger partial charge in [-0.25, -0.2) is 0 Å². The third-order valence-corrected chi connectivity index (χ3v) is 10.3. The van der Waals surface area contributed by atoms with Gasteiger partial charge < -0.3 is 0 Å². The first-order valence-corrected chi connectivity index (χ1v) is 12.3. The predicted molar refractivity (Wildman–Crippen MR) is 101 cm³/mol. The second-order valence-electron chi connectivity index (χ2n) is 7.08.